The van der Waals surface area contributed by atoms with Gasteiger partial charge in [0.15, 0.2) is 0 Å². The molecule has 9 aromatic rings. The van der Waals surface area contributed by atoms with E-state index in [0.29, 0.717) is 0 Å². The molecule has 0 saturated heterocycles. The van der Waals surface area contributed by atoms with E-state index in [0.717, 1.165) is 17.1 Å². The molecule has 61 heavy (non-hydrogen) atoms. The van der Waals surface area contributed by atoms with Crippen molar-refractivity contribution >= 4 is 32.3 Å². The van der Waals surface area contributed by atoms with Crippen LogP contribution in [0.3, 0.4) is 0 Å². The normalized spacial score (nSPS) is 11.6. The Kier molecular flexibility index (Phi) is 13.8. The summed E-state index contributed by atoms with van der Waals surface area (Å²) in [7, 11) is 0. The van der Waals surface area contributed by atoms with Crippen LogP contribution in [-0.2, 0) is 36.4 Å². The van der Waals surface area contributed by atoms with Crippen molar-refractivity contribution in [3.8, 4) is 33.8 Å². The molecule has 0 aliphatic rings. The fourth-order valence-electron chi connectivity index (χ4n) is 8.03. The Labute approximate surface area is 376 Å². The van der Waals surface area contributed by atoms with Gasteiger partial charge in [-0.3, -0.25) is 15.0 Å². The Morgan fingerprint density at radius 3 is 0.770 bits per heavy atom. The maximum absolute atomic E-state index is 4.65. The summed E-state index contributed by atoms with van der Waals surface area (Å²) in [5.41, 5.74) is 11.3. The molecule has 0 saturated carbocycles. The number of benzene rings is 6. The molecule has 9 rings (SSSR count). The van der Waals surface area contributed by atoms with Crippen molar-refractivity contribution in [2.24, 2.45) is 0 Å². The minimum Gasteiger partial charge on any atom is -0.256 e. The molecule has 0 radical (unpaired) electrons. The second kappa shape index (κ2) is 18.9. The standard InChI is InChI=1S/3C19H19N.Ir/c3*1-19(2,3)17-11-7-6-10-16(17)18-15-9-5-4-8-14(15)12-13-20-18;/h3*4-13H,1-3H3;/q;;;+3. The van der Waals surface area contributed by atoms with Gasteiger partial charge in [-0.2, -0.15) is 0 Å². The predicted octanol–water partition coefficient (Wildman–Crippen LogP) is 15.6. The summed E-state index contributed by atoms with van der Waals surface area (Å²) in [6.07, 6.45) is 5.70. The first kappa shape index (κ1) is 44.7. The number of pyridine rings is 3. The zero-order valence-corrected chi connectivity index (χ0v) is 39.4. The van der Waals surface area contributed by atoms with Gasteiger partial charge in [0, 0.05) is 51.4 Å². The van der Waals surface area contributed by atoms with Gasteiger partial charge in [0.1, 0.15) is 0 Å². The minimum atomic E-state index is 0. The van der Waals surface area contributed by atoms with Gasteiger partial charge in [0.2, 0.25) is 0 Å². The van der Waals surface area contributed by atoms with Crippen LogP contribution in [0.2, 0.25) is 0 Å². The van der Waals surface area contributed by atoms with Crippen LogP contribution in [0.15, 0.2) is 182 Å². The van der Waals surface area contributed by atoms with E-state index in [4.69, 9.17) is 0 Å². The molecule has 0 atom stereocenters. The van der Waals surface area contributed by atoms with Gasteiger partial charge in [-0.15, -0.1) is 0 Å². The van der Waals surface area contributed by atoms with E-state index >= 15 is 0 Å². The number of nitrogens with zero attached hydrogens (tertiary/aromatic N) is 3. The van der Waals surface area contributed by atoms with Crippen molar-refractivity contribution < 1.29 is 20.1 Å². The number of fused-ring (bicyclic) bond motifs is 3. The maximum Gasteiger partial charge on any atom is 3.00 e. The Bertz CT molecular complexity index is 2560. The largest absolute Gasteiger partial charge is 3.00 e. The van der Waals surface area contributed by atoms with Crippen molar-refractivity contribution in [2.45, 2.75) is 78.6 Å². The smallest absolute Gasteiger partial charge is 0.256 e. The summed E-state index contributed by atoms with van der Waals surface area (Å²) in [5, 5.41) is 7.36. The molecule has 0 unspecified atom stereocenters. The molecule has 0 bridgehead atoms. The topological polar surface area (TPSA) is 38.7 Å². The molecular formula is C57H57IrN3+3. The average Bonchev–Trinajstić information content (AvgIpc) is 3.25. The van der Waals surface area contributed by atoms with Crippen LogP contribution in [0.4, 0.5) is 0 Å². The molecule has 306 valence electrons. The minimum absolute atomic E-state index is 0. The van der Waals surface area contributed by atoms with E-state index in [2.05, 4.69) is 241 Å². The van der Waals surface area contributed by atoms with Gasteiger partial charge >= 0.3 is 20.1 Å². The first-order valence-corrected chi connectivity index (χ1v) is 21.0. The zero-order chi connectivity index (χ0) is 42.5. The fraction of sp³-hybridized carbons (Fsp3) is 0.211. The van der Waals surface area contributed by atoms with E-state index < -0.39 is 0 Å². The Hall–Kier alpha value is -5.80. The third-order valence-corrected chi connectivity index (χ3v) is 11.0. The van der Waals surface area contributed by atoms with E-state index in [1.165, 1.54) is 65.7 Å². The summed E-state index contributed by atoms with van der Waals surface area (Å²) < 4.78 is 0. The SMILES string of the molecule is CC(C)(C)c1ccccc1-c1nccc2ccccc12.CC(C)(C)c1ccccc1-c1nccc2ccccc12.CC(C)(C)c1ccccc1-c1nccc2ccccc12.[Ir+3]. The molecule has 4 heteroatoms. The van der Waals surface area contributed by atoms with Gasteiger partial charge in [0.25, 0.3) is 0 Å². The van der Waals surface area contributed by atoms with E-state index in [1.54, 1.807) is 0 Å². The molecule has 0 fully saturated rings. The summed E-state index contributed by atoms with van der Waals surface area (Å²) in [5.74, 6) is 0. The molecule has 0 N–H and O–H groups in total. The van der Waals surface area contributed by atoms with Gasteiger partial charge < -0.3 is 0 Å². The van der Waals surface area contributed by atoms with Crippen LogP contribution in [-0.4, -0.2) is 15.0 Å². The van der Waals surface area contributed by atoms with Gasteiger partial charge in [0.05, 0.1) is 17.1 Å². The van der Waals surface area contributed by atoms with E-state index in [1.807, 2.05) is 18.6 Å². The van der Waals surface area contributed by atoms with Crippen LogP contribution in [0.1, 0.15) is 79.0 Å². The Morgan fingerprint density at radius 2 is 0.508 bits per heavy atom. The Balaban J connectivity index is 0.000000152. The summed E-state index contributed by atoms with van der Waals surface area (Å²) in [6.45, 7) is 20.2. The van der Waals surface area contributed by atoms with Crippen LogP contribution >= 0.6 is 0 Å². The molecule has 3 heterocycles. The quantitative estimate of drug-likeness (QED) is 0.177. The van der Waals surface area contributed by atoms with Crippen molar-refractivity contribution in [3.63, 3.8) is 0 Å². The average molecular weight is 976 g/mol. The molecule has 0 amide bonds. The monoisotopic (exact) mass is 976 g/mol. The number of hydrogen-bond acceptors (Lipinski definition) is 3. The first-order valence-electron chi connectivity index (χ1n) is 21.0. The molecule has 3 nitrogen and oxygen atoms in total. The molecule has 0 aliphatic carbocycles. The third-order valence-electron chi connectivity index (χ3n) is 11.0. The molecule has 6 aromatic carbocycles. The first-order chi connectivity index (χ1) is 28.7. The predicted molar refractivity (Wildman–Crippen MR) is 258 cm³/mol. The van der Waals surface area contributed by atoms with Crippen LogP contribution in [0.5, 0.6) is 0 Å². The maximum atomic E-state index is 4.65. The number of rotatable bonds is 3. The van der Waals surface area contributed by atoms with Crippen LogP contribution in [0, 0.1) is 0 Å². The fourth-order valence-corrected chi connectivity index (χ4v) is 8.03. The number of hydrogen-bond donors (Lipinski definition) is 0. The van der Waals surface area contributed by atoms with Gasteiger partial charge in [-0.05, 0) is 67.3 Å². The summed E-state index contributed by atoms with van der Waals surface area (Å²) in [4.78, 5) is 14.0. The van der Waals surface area contributed by atoms with Crippen molar-refractivity contribution in [1.82, 2.24) is 15.0 Å². The second-order valence-electron chi connectivity index (χ2n) is 18.5. The van der Waals surface area contributed by atoms with E-state index in [-0.39, 0.29) is 36.4 Å². The summed E-state index contributed by atoms with van der Waals surface area (Å²) >= 11 is 0. The van der Waals surface area contributed by atoms with Crippen molar-refractivity contribution in [2.75, 3.05) is 0 Å². The Morgan fingerprint density at radius 1 is 0.279 bits per heavy atom. The molecule has 0 spiro atoms. The van der Waals surface area contributed by atoms with Gasteiger partial charge in [-0.25, -0.2) is 0 Å². The molecule has 0 aliphatic heterocycles. The summed E-state index contributed by atoms with van der Waals surface area (Å²) in [6, 6.07) is 57.3. The van der Waals surface area contributed by atoms with Crippen LogP contribution < -0.4 is 0 Å². The second-order valence-corrected chi connectivity index (χ2v) is 18.5. The molecule has 3 aromatic heterocycles. The van der Waals surface area contributed by atoms with Crippen LogP contribution in [0.25, 0.3) is 66.1 Å². The third kappa shape index (κ3) is 10.2. The van der Waals surface area contributed by atoms with Gasteiger partial charge in [-0.1, -0.05) is 208 Å². The van der Waals surface area contributed by atoms with Crippen molar-refractivity contribution in [1.29, 1.82) is 0 Å². The van der Waals surface area contributed by atoms with E-state index in [9.17, 15) is 0 Å². The van der Waals surface area contributed by atoms with Crippen molar-refractivity contribution in [3.05, 3.63) is 199 Å². The zero-order valence-electron chi connectivity index (χ0n) is 37.0. The molecular weight excluding hydrogens is 919 g/mol. The number of aromatic nitrogens is 3.